The predicted octanol–water partition coefficient (Wildman–Crippen LogP) is 4.75. The fourth-order valence-electron chi connectivity index (χ4n) is 1.87. The van der Waals surface area contributed by atoms with E-state index in [-0.39, 0.29) is 5.78 Å². The molecule has 2 nitrogen and oxygen atoms in total. The molecule has 0 unspecified atom stereocenters. The fourth-order valence-corrected chi connectivity index (χ4v) is 3.28. The highest BCUT2D eigenvalue weighted by molar-refractivity contribution is 9.10. The Labute approximate surface area is 138 Å². The Morgan fingerprint density at radius 1 is 1.19 bits per heavy atom. The third kappa shape index (κ3) is 5.56. The van der Waals surface area contributed by atoms with Crippen LogP contribution in [-0.2, 0) is 11.2 Å². The van der Waals surface area contributed by atoms with E-state index in [4.69, 9.17) is 4.74 Å². The molecule has 0 saturated heterocycles. The van der Waals surface area contributed by atoms with Gasteiger partial charge in [-0.1, -0.05) is 34.1 Å². The number of halogens is 1. The zero-order valence-electron chi connectivity index (χ0n) is 11.8. The van der Waals surface area contributed by atoms with Gasteiger partial charge in [0, 0.05) is 15.8 Å². The second-order valence-corrected chi connectivity index (χ2v) is 6.60. The molecule has 21 heavy (non-hydrogen) atoms. The smallest absolute Gasteiger partial charge is 0.143 e. The Hall–Kier alpha value is -1.26. The van der Waals surface area contributed by atoms with E-state index in [9.17, 15) is 4.79 Å². The molecule has 0 fully saturated rings. The molecule has 0 amide bonds. The van der Waals surface area contributed by atoms with Crippen LogP contribution in [0.15, 0.2) is 57.9 Å². The zero-order valence-corrected chi connectivity index (χ0v) is 14.2. The summed E-state index contributed by atoms with van der Waals surface area (Å²) >= 11 is 5.02. The molecule has 0 N–H and O–H groups in total. The van der Waals surface area contributed by atoms with Gasteiger partial charge in [-0.25, -0.2) is 0 Å². The lowest BCUT2D eigenvalue weighted by atomic mass is 10.1. The Bertz CT molecular complexity index is 596. The van der Waals surface area contributed by atoms with E-state index in [2.05, 4.69) is 15.9 Å². The maximum atomic E-state index is 11.9. The van der Waals surface area contributed by atoms with E-state index >= 15 is 0 Å². The van der Waals surface area contributed by atoms with Crippen molar-refractivity contribution in [3.8, 4) is 5.75 Å². The van der Waals surface area contributed by atoms with Crippen LogP contribution >= 0.6 is 27.7 Å². The van der Waals surface area contributed by atoms with Crippen LogP contribution in [0.3, 0.4) is 0 Å². The van der Waals surface area contributed by atoms with Crippen molar-refractivity contribution in [1.29, 1.82) is 0 Å². The molecular weight excluding hydrogens is 348 g/mol. The minimum absolute atomic E-state index is 0.274. The first kappa shape index (κ1) is 16.1. The minimum atomic E-state index is 0.274. The number of carbonyl (C=O) groups is 1. The Balaban J connectivity index is 1.76. The molecule has 0 bridgehead atoms. The lowest BCUT2D eigenvalue weighted by molar-refractivity contribution is -0.116. The quantitative estimate of drug-likeness (QED) is 0.663. The third-order valence-corrected chi connectivity index (χ3v) is 4.59. The highest BCUT2D eigenvalue weighted by Gasteiger charge is 2.05. The summed E-state index contributed by atoms with van der Waals surface area (Å²) in [6.45, 7) is 0. The van der Waals surface area contributed by atoms with E-state index in [0.717, 1.165) is 27.1 Å². The predicted molar refractivity (Wildman–Crippen MR) is 91.2 cm³/mol. The average molecular weight is 365 g/mol. The molecule has 4 heteroatoms. The van der Waals surface area contributed by atoms with E-state index in [1.165, 1.54) is 0 Å². The summed E-state index contributed by atoms with van der Waals surface area (Å²) in [6.07, 6.45) is 1.36. The first-order valence-electron chi connectivity index (χ1n) is 6.70. The first-order chi connectivity index (χ1) is 10.2. The number of ether oxygens (including phenoxy) is 1. The van der Waals surface area contributed by atoms with Crippen molar-refractivity contribution in [2.75, 3.05) is 12.9 Å². The van der Waals surface area contributed by atoms with Crippen molar-refractivity contribution < 1.29 is 9.53 Å². The van der Waals surface area contributed by atoms with E-state index in [1.807, 2.05) is 48.5 Å². The van der Waals surface area contributed by atoms with E-state index in [0.29, 0.717) is 12.2 Å². The topological polar surface area (TPSA) is 26.3 Å². The SMILES string of the molecule is COc1ccc(CCC(=O)CSc2cccc(Br)c2)cc1. The van der Waals surface area contributed by atoms with Gasteiger partial charge in [-0.05, 0) is 42.3 Å². The monoisotopic (exact) mass is 364 g/mol. The van der Waals surface area contributed by atoms with Crippen LogP contribution in [-0.4, -0.2) is 18.6 Å². The fraction of sp³-hybridized carbons (Fsp3) is 0.235. The Kier molecular flexibility index (Phi) is 6.33. The highest BCUT2D eigenvalue weighted by Crippen LogP contribution is 2.22. The van der Waals surface area contributed by atoms with Crippen LogP contribution in [0, 0.1) is 0 Å². The van der Waals surface area contributed by atoms with Crippen LogP contribution in [0.1, 0.15) is 12.0 Å². The molecule has 0 spiro atoms. The number of hydrogen-bond donors (Lipinski definition) is 0. The summed E-state index contributed by atoms with van der Waals surface area (Å²) in [5.41, 5.74) is 1.16. The van der Waals surface area contributed by atoms with Crippen LogP contribution < -0.4 is 4.74 Å². The van der Waals surface area contributed by atoms with Gasteiger partial charge in [-0.3, -0.25) is 4.79 Å². The second-order valence-electron chi connectivity index (χ2n) is 4.63. The summed E-state index contributed by atoms with van der Waals surface area (Å²) in [6, 6.07) is 15.9. The van der Waals surface area contributed by atoms with Gasteiger partial charge in [-0.15, -0.1) is 11.8 Å². The van der Waals surface area contributed by atoms with Crippen LogP contribution in [0.5, 0.6) is 5.75 Å². The van der Waals surface area contributed by atoms with Gasteiger partial charge in [0.2, 0.25) is 0 Å². The highest BCUT2D eigenvalue weighted by atomic mass is 79.9. The molecule has 0 aliphatic carbocycles. The van der Waals surface area contributed by atoms with Crippen molar-refractivity contribution in [1.82, 2.24) is 0 Å². The number of methoxy groups -OCH3 is 1. The van der Waals surface area contributed by atoms with Crippen molar-refractivity contribution in [3.05, 3.63) is 58.6 Å². The standard InChI is InChI=1S/C17H17BrO2S/c1-20-16-9-6-13(7-10-16)5-8-15(19)12-21-17-4-2-3-14(18)11-17/h2-4,6-7,9-11H,5,8,12H2,1H3. The average Bonchev–Trinajstić information content (AvgIpc) is 2.51. The number of thioether (sulfide) groups is 1. The second kappa shape index (κ2) is 8.25. The molecule has 2 aromatic carbocycles. The summed E-state index contributed by atoms with van der Waals surface area (Å²) < 4.78 is 6.16. The van der Waals surface area contributed by atoms with Gasteiger partial charge in [0.15, 0.2) is 0 Å². The van der Waals surface area contributed by atoms with Crippen molar-refractivity contribution in [3.63, 3.8) is 0 Å². The molecule has 110 valence electrons. The zero-order chi connectivity index (χ0) is 15.1. The van der Waals surface area contributed by atoms with Crippen molar-refractivity contribution in [2.24, 2.45) is 0 Å². The molecule has 0 aliphatic heterocycles. The largest absolute Gasteiger partial charge is 0.497 e. The summed E-state index contributed by atoms with van der Waals surface area (Å²) in [5.74, 6) is 1.64. The molecule has 2 aromatic rings. The van der Waals surface area contributed by atoms with Gasteiger partial charge in [-0.2, -0.15) is 0 Å². The minimum Gasteiger partial charge on any atom is -0.497 e. The van der Waals surface area contributed by atoms with Gasteiger partial charge in [0.1, 0.15) is 11.5 Å². The van der Waals surface area contributed by atoms with Gasteiger partial charge < -0.3 is 4.74 Å². The summed E-state index contributed by atoms with van der Waals surface area (Å²) in [7, 11) is 1.65. The van der Waals surface area contributed by atoms with Gasteiger partial charge in [0.05, 0.1) is 12.9 Å². The van der Waals surface area contributed by atoms with Crippen LogP contribution in [0.4, 0.5) is 0 Å². The molecule has 0 saturated carbocycles. The normalized spacial score (nSPS) is 10.4. The number of benzene rings is 2. The maximum Gasteiger partial charge on any atom is 0.143 e. The third-order valence-electron chi connectivity index (χ3n) is 3.05. The number of ketones is 1. The van der Waals surface area contributed by atoms with E-state index < -0.39 is 0 Å². The first-order valence-corrected chi connectivity index (χ1v) is 8.48. The molecule has 0 heterocycles. The number of aryl methyl sites for hydroxylation is 1. The van der Waals surface area contributed by atoms with Crippen molar-refractivity contribution in [2.45, 2.75) is 17.7 Å². The number of carbonyl (C=O) groups excluding carboxylic acids is 1. The molecule has 0 aliphatic rings. The van der Waals surface area contributed by atoms with Crippen LogP contribution in [0.2, 0.25) is 0 Å². The molecular formula is C17H17BrO2S. The summed E-state index contributed by atoms with van der Waals surface area (Å²) in [5, 5.41) is 0. The van der Waals surface area contributed by atoms with Crippen molar-refractivity contribution >= 4 is 33.5 Å². The Morgan fingerprint density at radius 2 is 1.95 bits per heavy atom. The lowest BCUT2D eigenvalue weighted by Gasteiger charge is -2.04. The number of rotatable bonds is 7. The van der Waals surface area contributed by atoms with Gasteiger partial charge >= 0.3 is 0 Å². The summed E-state index contributed by atoms with van der Waals surface area (Å²) in [4.78, 5) is 13.1. The van der Waals surface area contributed by atoms with Crippen LogP contribution in [0.25, 0.3) is 0 Å². The number of Topliss-reactive ketones (excluding diaryl/α,β-unsaturated/α-hetero) is 1. The van der Waals surface area contributed by atoms with E-state index in [1.54, 1.807) is 18.9 Å². The lowest BCUT2D eigenvalue weighted by Crippen LogP contribution is -2.03. The molecule has 0 atom stereocenters. The maximum absolute atomic E-state index is 11.9. The number of hydrogen-bond acceptors (Lipinski definition) is 3. The molecule has 0 aromatic heterocycles. The Morgan fingerprint density at radius 3 is 2.62 bits per heavy atom. The molecule has 0 radical (unpaired) electrons. The van der Waals surface area contributed by atoms with Gasteiger partial charge in [0.25, 0.3) is 0 Å². The molecule has 2 rings (SSSR count).